The van der Waals surface area contributed by atoms with Gasteiger partial charge >= 0.3 is 10.2 Å². The van der Waals surface area contributed by atoms with Crippen molar-refractivity contribution in [3.8, 4) is 11.1 Å². The summed E-state index contributed by atoms with van der Waals surface area (Å²) in [5.41, 5.74) is 1.96. The van der Waals surface area contributed by atoms with Crippen LogP contribution < -0.4 is 0 Å². The Balaban J connectivity index is 2.61. The molecule has 0 unspecified atom stereocenters. The van der Waals surface area contributed by atoms with Crippen LogP contribution in [0.15, 0.2) is 53.4 Å². The second-order valence-corrected chi connectivity index (χ2v) is 5.10. The molecule has 0 aromatic heterocycles. The summed E-state index contributed by atoms with van der Waals surface area (Å²) in [7, 11) is -4.66. The van der Waals surface area contributed by atoms with Crippen molar-refractivity contribution in [2.24, 2.45) is 0 Å². The van der Waals surface area contributed by atoms with E-state index in [4.69, 9.17) is 0 Å². The van der Waals surface area contributed by atoms with Gasteiger partial charge in [0.1, 0.15) is 4.90 Å². The van der Waals surface area contributed by atoms with E-state index in [1.54, 1.807) is 19.1 Å². The van der Waals surface area contributed by atoms with Crippen molar-refractivity contribution in [2.75, 3.05) is 0 Å². The largest absolute Gasteiger partial charge is 0.332 e. The van der Waals surface area contributed by atoms with E-state index < -0.39 is 10.2 Å². The first-order valence-electron chi connectivity index (χ1n) is 5.09. The zero-order valence-electron chi connectivity index (χ0n) is 9.22. The fourth-order valence-electron chi connectivity index (χ4n) is 1.67. The smallest absolute Gasteiger partial charge is 0.189 e. The first-order chi connectivity index (χ1) is 7.98. The van der Waals surface area contributed by atoms with E-state index in [2.05, 4.69) is 0 Å². The van der Waals surface area contributed by atoms with Gasteiger partial charge in [-0.1, -0.05) is 42.5 Å². The van der Waals surface area contributed by atoms with Crippen molar-refractivity contribution in [3.63, 3.8) is 0 Å². The average molecular weight is 250 g/mol. The fraction of sp³-hybridized carbons (Fsp3) is 0.0769. The summed E-state index contributed by atoms with van der Waals surface area (Å²) >= 11 is 0. The minimum absolute atomic E-state index is 0.265. The lowest BCUT2D eigenvalue weighted by atomic mass is 10.0. The number of hydrogen-bond acceptors (Lipinski definition) is 2. The molecule has 0 saturated heterocycles. The van der Waals surface area contributed by atoms with Gasteiger partial charge in [0, 0.05) is 0 Å². The van der Waals surface area contributed by atoms with Crippen molar-refractivity contribution in [3.05, 3.63) is 54.1 Å². The Morgan fingerprint density at radius 3 is 2.18 bits per heavy atom. The van der Waals surface area contributed by atoms with Crippen LogP contribution in [0.25, 0.3) is 11.1 Å². The first-order valence-corrected chi connectivity index (χ1v) is 6.47. The van der Waals surface area contributed by atoms with Gasteiger partial charge in [-0.15, -0.1) is 3.89 Å². The molecule has 0 aliphatic carbocycles. The highest BCUT2D eigenvalue weighted by molar-refractivity contribution is 7.86. The summed E-state index contributed by atoms with van der Waals surface area (Å²) in [6, 6.07) is 14.0. The van der Waals surface area contributed by atoms with E-state index in [1.165, 1.54) is 6.07 Å². The second kappa shape index (κ2) is 4.30. The average Bonchev–Trinajstić information content (AvgIpc) is 2.29. The van der Waals surface area contributed by atoms with Crippen molar-refractivity contribution in [2.45, 2.75) is 11.8 Å². The standard InChI is InChI=1S/C13H11FO2S/c1-10-7-8-12(9-13(10)17(14,15)16)11-5-3-2-4-6-11/h2-9H,1H3. The molecule has 2 nitrogen and oxygen atoms in total. The lowest BCUT2D eigenvalue weighted by Gasteiger charge is -2.05. The lowest BCUT2D eigenvalue weighted by molar-refractivity contribution is 0.551. The lowest BCUT2D eigenvalue weighted by Crippen LogP contribution is -1.96. The van der Waals surface area contributed by atoms with E-state index in [0.29, 0.717) is 11.1 Å². The van der Waals surface area contributed by atoms with Crippen LogP contribution in [0.1, 0.15) is 5.56 Å². The first kappa shape index (κ1) is 11.8. The molecular formula is C13H11FO2S. The molecule has 0 radical (unpaired) electrons. The summed E-state index contributed by atoms with van der Waals surface area (Å²) in [4.78, 5) is -0.265. The topological polar surface area (TPSA) is 34.1 Å². The third-order valence-electron chi connectivity index (χ3n) is 2.56. The zero-order chi connectivity index (χ0) is 12.5. The number of rotatable bonds is 2. The summed E-state index contributed by atoms with van der Waals surface area (Å²) < 4.78 is 35.0. The Morgan fingerprint density at radius 1 is 0.941 bits per heavy atom. The Kier molecular flexibility index (Phi) is 2.98. The van der Waals surface area contributed by atoms with Crippen LogP contribution in [0.3, 0.4) is 0 Å². The maximum absolute atomic E-state index is 13.0. The zero-order valence-corrected chi connectivity index (χ0v) is 10.0. The summed E-state index contributed by atoms with van der Waals surface area (Å²) in [6.45, 7) is 1.57. The molecule has 0 N–H and O–H groups in total. The number of halogens is 1. The van der Waals surface area contributed by atoms with Gasteiger partial charge in [-0.25, -0.2) is 0 Å². The van der Waals surface area contributed by atoms with E-state index in [9.17, 15) is 12.3 Å². The van der Waals surface area contributed by atoms with Crippen molar-refractivity contribution < 1.29 is 12.3 Å². The van der Waals surface area contributed by atoms with Gasteiger partial charge in [0.15, 0.2) is 0 Å². The number of benzene rings is 2. The SMILES string of the molecule is Cc1ccc(-c2ccccc2)cc1S(=O)(=O)F. The molecule has 0 heterocycles. The second-order valence-electron chi connectivity index (χ2n) is 3.78. The summed E-state index contributed by atoms with van der Waals surface area (Å²) in [6.07, 6.45) is 0. The third kappa shape index (κ3) is 2.53. The molecule has 0 spiro atoms. The van der Waals surface area contributed by atoms with Crippen LogP contribution in [-0.2, 0) is 10.2 Å². The van der Waals surface area contributed by atoms with Gasteiger partial charge in [-0.3, -0.25) is 0 Å². The fourth-order valence-corrected chi connectivity index (χ4v) is 2.39. The van der Waals surface area contributed by atoms with Gasteiger partial charge < -0.3 is 0 Å². The van der Waals surface area contributed by atoms with Gasteiger partial charge in [0.05, 0.1) is 0 Å². The molecule has 88 valence electrons. The quantitative estimate of drug-likeness (QED) is 0.766. The highest BCUT2D eigenvalue weighted by Gasteiger charge is 2.15. The normalized spacial score (nSPS) is 11.4. The van der Waals surface area contributed by atoms with Crippen molar-refractivity contribution >= 4 is 10.2 Å². The van der Waals surface area contributed by atoms with E-state index >= 15 is 0 Å². The van der Waals surface area contributed by atoms with E-state index in [-0.39, 0.29) is 4.90 Å². The van der Waals surface area contributed by atoms with Crippen LogP contribution in [0.2, 0.25) is 0 Å². The number of aryl methyl sites for hydroxylation is 1. The molecule has 0 fully saturated rings. The minimum Gasteiger partial charge on any atom is -0.189 e. The maximum atomic E-state index is 13.0. The molecule has 2 aromatic carbocycles. The Labute approximate surface area is 99.9 Å². The van der Waals surface area contributed by atoms with Crippen LogP contribution >= 0.6 is 0 Å². The van der Waals surface area contributed by atoms with Crippen molar-refractivity contribution in [1.29, 1.82) is 0 Å². The molecule has 0 aliphatic rings. The molecule has 0 bridgehead atoms. The monoisotopic (exact) mass is 250 g/mol. The summed E-state index contributed by atoms with van der Waals surface area (Å²) in [5, 5.41) is 0. The molecule has 0 amide bonds. The third-order valence-corrected chi connectivity index (χ3v) is 3.52. The minimum atomic E-state index is -4.66. The van der Waals surface area contributed by atoms with Crippen LogP contribution in [0.4, 0.5) is 3.89 Å². The van der Waals surface area contributed by atoms with E-state index in [1.807, 2.05) is 30.3 Å². The van der Waals surface area contributed by atoms with Gasteiger partial charge in [0.25, 0.3) is 0 Å². The maximum Gasteiger partial charge on any atom is 0.332 e. The van der Waals surface area contributed by atoms with Gasteiger partial charge in [-0.2, -0.15) is 8.42 Å². The molecule has 0 aliphatic heterocycles. The molecule has 0 saturated carbocycles. The predicted molar refractivity (Wildman–Crippen MR) is 64.9 cm³/mol. The van der Waals surface area contributed by atoms with Gasteiger partial charge in [-0.05, 0) is 29.7 Å². The molecule has 2 aromatic rings. The molecular weight excluding hydrogens is 239 g/mol. The molecule has 17 heavy (non-hydrogen) atoms. The highest BCUT2D eigenvalue weighted by Crippen LogP contribution is 2.25. The van der Waals surface area contributed by atoms with Crippen LogP contribution in [-0.4, -0.2) is 8.42 Å². The summed E-state index contributed by atoms with van der Waals surface area (Å²) in [5.74, 6) is 0. The van der Waals surface area contributed by atoms with Crippen LogP contribution in [0, 0.1) is 6.92 Å². The Bertz CT molecular complexity index is 634. The van der Waals surface area contributed by atoms with E-state index in [0.717, 1.165) is 5.56 Å². The van der Waals surface area contributed by atoms with Gasteiger partial charge in [0.2, 0.25) is 0 Å². The number of hydrogen-bond donors (Lipinski definition) is 0. The highest BCUT2D eigenvalue weighted by atomic mass is 32.3. The molecule has 0 atom stereocenters. The van der Waals surface area contributed by atoms with Crippen molar-refractivity contribution in [1.82, 2.24) is 0 Å². The molecule has 2 rings (SSSR count). The molecule has 4 heteroatoms. The predicted octanol–water partition coefficient (Wildman–Crippen LogP) is 3.32. The Morgan fingerprint density at radius 2 is 1.59 bits per heavy atom. The Hall–Kier alpha value is -1.68. The van der Waals surface area contributed by atoms with Crippen LogP contribution in [0.5, 0.6) is 0 Å².